The van der Waals surface area contributed by atoms with Crippen LogP contribution >= 0.6 is 11.8 Å². The van der Waals surface area contributed by atoms with Crippen molar-refractivity contribution < 1.29 is 18.7 Å². The normalized spacial score (nSPS) is 11.0. The van der Waals surface area contributed by atoms with E-state index in [0.717, 1.165) is 17.8 Å². The first-order valence-corrected chi connectivity index (χ1v) is 9.51. The fourth-order valence-corrected chi connectivity index (χ4v) is 3.65. The lowest BCUT2D eigenvalue weighted by molar-refractivity contribution is 0.101. The van der Waals surface area contributed by atoms with Crippen LogP contribution in [0.2, 0.25) is 0 Å². The fourth-order valence-electron chi connectivity index (χ4n) is 2.74. The average molecular weight is 402 g/mol. The van der Waals surface area contributed by atoms with Gasteiger partial charge in [0.15, 0.2) is 10.9 Å². The Morgan fingerprint density at radius 1 is 1.21 bits per heavy atom. The first-order chi connectivity index (χ1) is 13.5. The highest BCUT2D eigenvalue weighted by atomic mass is 32.2. The molecule has 0 unspecified atom stereocenters. The quantitative estimate of drug-likeness (QED) is 0.327. The van der Waals surface area contributed by atoms with E-state index >= 15 is 0 Å². The third kappa shape index (κ3) is 4.23. The molecule has 2 aromatic carbocycles. The van der Waals surface area contributed by atoms with Crippen LogP contribution in [0.25, 0.3) is 10.9 Å². The number of ether oxygens (including phenoxy) is 2. The van der Waals surface area contributed by atoms with Gasteiger partial charge in [-0.1, -0.05) is 23.9 Å². The molecule has 0 aliphatic carbocycles. The summed E-state index contributed by atoms with van der Waals surface area (Å²) in [6, 6.07) is 10.8. The van der Waals surface area contributed by atoms with Gasteiger partial charge in [0.25, 0.3) is 5.56 Å². The highest BCUT2D eigenvalue weighted by Gasteiger charge is 2.17. The van der Waals surface area contributed by atoms with E-state index in [1.807, 2.05) is 0 Å². The minimum absolute atomic E-state index is 0.0163. The molecule has 0 bridgehead atoms. The van der Waals surface area contributed by atoms with Crippen molar-refractivity contribution in [3.8, 4) is 5.75 Å². The minimum Gasteiger partial charge on any atom is -0.496 e. The summed E-state index contributed by atoms with van der Waals surface area (Å²) in [7, 11) is 2.97. The summed E-state index contributed by atoms with van der Waals surface area (Å²) >= 11 is 1.12. The summed E-state index contributed by atoms with van der Waals surface area (Å²) in [6.07, 6.45) is 0. The maximum absolute atomic E-state index is 13.6. The van der Waals surface area contributed by atoms with Crippen LogP contribution in [-0.2, 0) is 11.3 Å². The van der Waals surface area contributed by atoms with Gasteiger partial charge in [-0.3, -0.25) is 14.2 Å². The molecule has 0 aliphatic heterocycles. The fraction of sp³-hybridized carbons (Fsp3) is 0.250. The van der Waals surface area contributed by atoms with Gasteiger partial charge >= 0.3 is 0 Å². The lowest BCUT2D eigenvalue weighted by Gasteiger charge is -2.13. The Balaban J connectivity index is 1.92. The summed E-state index contributed by atoms with van der Waals surface area (Å²) in [5, 5.41) is 0.908. The van der Waals surface area contributed by atoms with Crippen molar-refractivity contribution >= 4 is 28.4 Å². The zero-order valence-electron chi connectivity index (χ0n) is 15.5. The molecule has 3 aromatic rings. The number of hydrogen-bond donors (Lipinski definition) is 0. The van der Waals surface area contributed by atoms with E-state index in [0.29, 0.717) is 35.0 Å². The van der Waals surface area contributed by atoms with Crippen molar-refractivity contribution in [3.63, 3.8) is 0 Å². The number of thioether (sulfide) groups is 1. The van der Waals surface area contributed by atoms with Crippen molar-refractivity contribution in [1.29, 1.82) is 0 Å². The number of carbonyl (C=O) groups excluding carboxylic acids is 1. The second-order valence-corrected chi connectivity index (χ2v) is 6.86. The molecule has 0 atom stereocenters. The van der Waals surface area contributed by atoms with E-state index in [2.05, 4.69) is 4.98 Å². The maximum Gasteiger partial charge on any atom is 0.262 e. The predicted molar refractivity (Wildman–Crippen MR) is 106 cm³/mol. The number of carbonyl (C=O) groups is 1. The number of Topliss-reactive ketones (excluding diaryl/α,β-unsaturated/α-hetero) is 1. The molecule has 0 radical (unpaired) electrons. The molecule has 0 aliphatic rings. The molecule has 0 fully saturated rings. The Hall–Kier alpha value is -2.71. The smallest absolute Gasteiger partial charge is 0.262 e. The second kappa shape index (κ2) is 8.99. The standard InChI is InChI=1S/C20H19FN2O4S/c1-26-10-9-23-19(25)14-5-3-4-6-16(14)22-20(23)28-12-17(24)15-11-13(21)7-8-18(15)27-2/h3-8,11H,9-10,12H2,1-2H3. The van der Waals surface area contributed by atoms with Crippen LogP contribution in [0.15, 0.2) is 52.4 Å². The molecule has 28 heavy (non-hydrogen) atoms. The van der Waals surface area contributed by atoms with Crippen molar-refractivity contribution in [2.75, 3.05) is 26.6 Å². The monoisotopic (exact) mass is 402 g/mol. The van der Waals surface area contributed by atoms with Gasteiger partial charge in [0.05, 0.1) is 42.5 Å². The van der Waals surface area contributed by atoms with Crippen molar-refractivity contribution in [3.05, 3.63) is 64.2 Å². The second-order valence-electron chi connectivity index (χ2n) is 5.92. The lowest BCUT2D eigenvalue weighted by Crippen LogP contribution is -2.25. The summed E-state index contributed by atoms with van der Waals surface area (Å²) in [5.74, 6) is -0.551. The van der Waals surface area contributed by atoms with E-state index in [9.17, 15) is 14.0 Å². The zero-order valence-corrected chi connectivity index (χ0v) is 16.3. The molecular formula is C20H19FN2O4S. The van der Waals surface area contributed by atoms with Crippen LogP contribution in [0.5, 0.6) is 5.75 Å². The molecule has 3 rings (SSSR count). The van der Waals surface area contributed by atoms with Crippen LogP contribution in [0.4, 0.5) is 4.39 Å². The largest absolute Gasteiger partial charge is 0.496 e. The Labute approximate surface area is 165 Å². The van der Waals surface area contributed by atoms with Crippen molar-refractivity contribution in [2.24, 2.45) is 0 Å². The molecule has 0 N–H and O–H groups in total. The van der Waals surface area contributed by atoms with Gasteiger partial charge in [-0.05, 0) is 30.3 Å². The number of halogens is 1. The number of fused-ring (bicyclic) bond motifs is 1. The zero-order chi connectivity index (χ0) is 20.1. The third-order valence-electron chi connectivity index (χ3n) is 4.14. The van der Waals surface area contributed by atoms with Crippen molar-refractivity contribution in [1.82, 2.24) is 9.55 Å². The highest BCUT2D eigenvalue weighted by molar-refractivity contribution is 7.99. The van der Waals surface area contributed by atoms with E-state index in [1.54, 1.807) is 31.4 Å². The molecule has 1 heterocycles. The topological polar surface area (TPSA) is 70.4 Å². The Kier molecular flexibility index (Phi) is 6.43. The van der Waals surface area contributed by atoms with Crippen LogP contribution in [-0.4, -0.2) is 41.9 Å². The van der Waals surface area contributed by atoms with Crippen LogP contribution in [0, 0.1) is 5.82 Å². The number of para-hydroxylation sites is 1. The van der Waals surface area contributed by atoms with Gasteiger partial charge in [-0.25, -0.2) is 9.37 Å². The number of rotatable bonds is 8. The minimum atomic E-state index is -0.519. The third-order valence-corrected chi connectivity index (χ3v) is 5.12. The van der Waals surface area contributed by atoms with Gasteiger partial charge in [0.1, 0.15) is 11.6 Å². The number of nitrogens with zero attached hydrogens (tertiary/aromatic N) is 2. The first kappa shape index (κ1) is 20.0. The van der Waals surface area contributed by atoms with Gasteiger partial charge in [-0.15, -0.1) is 0 Å². The number of hydrogen-bond acceptors (Lipinski definition) is 6. The van der Waals surface area contributed by atoms with Crippen LogP contribution in [0.3, 0.4) is 0 Å². The van der Waals surface area contributed by atoms with E-state index in [4.69, 9.17) is 9.47 Å². The molecular weight excluding hydrogens is 383 g/mol. The van der Waals surface area contributed by atoms with Crippen LogP contribution < -0.4 is 10.3 Å². The lowest BCUT2D eigenvalue weighted by atomic mass is 10.1. The number of methoxy groups -OCH3 is 2. The maximum atomic E-state index is 13.6. The molecule has 6 nitrogen and oxygen atoms in total. The van der Waals surface area contributed by atoms with E-state index < -0.39 is 5.82 Å². The Morgan fingerprint density at radius 2 is 2.00 bits per heavy atom. The summed E-state index contributed by atoms with van der Waals surface area (Å²) < 4.78 is 25.3. The molecule has 0 amide bonds. The molecule has 146 valence electrons. The van der Waals surface area contributed by atoms with E-state index in [-0.39, 0.29) is 22.7 Å². The molecule has 0 spiro atoms. The summed E-state index contributed by atoms with van der Waals surface area (Å²) in [6.45, 7) is 0.645. The number of aromatic nitrogens is 2. The van der Waals surface area contributed by atoms with Gasteiger partial charge in [0.2, 0.25) is 0 Å². The Bertz CT molecular complexity index is 1070. The highest BCUT2D eigenvalue weighted by Crippen LogP contribution is 2.24. The Morgan fingerprint density at radius 3 is 2.75 bits per heavy atom. The van der Waals surface area contributed by atoms with Crippen molar-refractivity contribution in [2.45, 2.75) is 11.7 Å². The molecule has 1 aromatic heterocycles. The van der Waals surface area contributed by atoms with Gasteiger partial charge < -0.3 is 9.47 Å². The van der Waals surface area contributed by atoms with E-state index in [1.165, 1.54) is 23.8 Å². The van der Waals surface area contributed by atoms with Gasteiger partial charge in [-0.2, -0.15) is 0 Å². The summed E-state index contributed by atoms with van der Waals surface area (Å²) in [4.78, 5) is 30.0. The first-order valence-electron chi connectivity index (χ1n) is 8.53. The summed E-state index contributed by atoms with van der Waals surface area (Å²) in [5.41, 5.74) is 0.516. The number of benzene rings is 2. The molecule has 0 saturated carbocycles. The molecule has 8 heteroatoms. The predicted octanol–water partition coefficient (Wildman–Crippen LogP) is 3.17. The SMILES string of the molecule is COCCn1c(SCC(=O)c2cc(F)ccc2OC)nc2ccccc2c1=O. The molecule has 0 saturated heterocycles. The van der Waals surface area contributed by atoms with Gasteiger partial charge in [0, 0.05) is 7.11 Å². The number of ketones is 1. The van der Waals surface area contributed by atoms with Crippen LogP contribution in [0.1, 0.15) is 10.4 Å². The average Bonchev–Trinajstić information content (AvgIpc) is 2.71.